The quantitative estimate of drug-likeness (QED) is 0.385. The number of nitrogen functional groups attached to an aromatic ring is 1. The zero-order chi connectivity index (χ0) is 19.6. The second-order valence-corrected chi connectivity index (χ2v) is 8.56. The van der Waals surface area contributed by atoms with Gasteiger partial charge in [-0.2, -0.15) is 0 Å². The van der Waals surface area contributed by atoms with Gasteiger partial charge in [0, 0.05) is 17.9 Å². The minimum Gasteiger partial charge on any atom is -0.374 e. The van der Waals surface area contributed by atoms with Gasteiger partial charge in [-0.1, -0.05) is 53.8 Å². The third kappa shape index (κ3) is 6.35. The van der Waals surface area contributed by atoms with Crippen LogP contribution in [0, 0.1) is 0 Å². The van der Waals surface area contributed by atoms with Gasteiger partial charge in [0.1, 0.15) is 5.01 Å². The van der Waals surface area contributed by atoms with Crippen molar-refractivity contribution in [3.05, 3.63) is 70.7 Å². The third-order valence-corrected chi connectivity index (χ3v) is 6.15. The molecule has 3 N–H and O–H groups in total. The summed E-state index contributed by atoms with van der Waals surface area (Å²) in [6, 6.07) is 18.3. The molecule has 0 spiro atoms. The maximum Gasteiger partial charge on any atom is 0.252 e. The summed E-state index contributed by atoms with van der Waals surface area (Å²) in [5, 5.41) is 12.2. The van der Waals surface area contributed by atoms with E-state index in [-0.39, 0.29) is 5.91 Å². The number of aryl methyl sites for hydroxylation is 2. The van der Waals surface area contributed by atoms with E-state index in [0.717, 1.165) is 46.9 Å². The van der Waals surface area contributed by atoms with E-state index in [2.05, 4.69) is 39.8 Å². The SMILES string of the molecule is Nc1nnc(CCCNC(=O)c2ccccc2SCCCc2ccccc2)s1. The van der Waals surface area contributed by atoms with Crippen LogP contribution in [0.1, 0.15) is 33.8 Å². The molecular formula is C21H24N4OS2. The van der Waals surface area contributed by atoms with Gasteiger partial charge in [-0.15, -0.1) is 22.0 Å². The number of thioether (sulfide) groups is 1. The third-order valence-electron chi connectivity index (χ3n) is 4.18. The summed E-state index contributed by atoms with van der Waals surface area (Å²) in [6.07, 6.45) is 3.71. The molecule has 0 saturated carbocycles. The fourth-order valence-electron chi connectivity index (χ4n) is 2.79. The lowest BCUT2D eigenvalue weighted by molar-refractivity contribution is 0.0950. The number of hydrogen-bond acceptors (Lipinski definition) is 6. The standard InChI is InChI=1S/C21H24N4OS2/c22-21-25-24-19(28-21)13-6-14-23-20(26)17-11-4-5-12-18(17)27-15-7-10-16-8-2-1-3-9-16/h1-5,8-9,11-12H,6-7,10,13-15H2,(H2,22,25)(H,23,26). The van der Waals surface area contributed by atoms with E-state index in [1.807, 2.05) is 30.3 Å². The molecule has 1 amide bonds. The van der Waals surface area contributed by atoms with Crippen LogP contribution >= 0.6 is 23.1 Å². The highest BCUT2D eigenvalue weighted by molar-refractivity contribution is 7.99. The normalized spacial score (nSPS) is 10.7. The fourth-order valence-corrected chi connectivity index (χ4v) is 4.44. The predicted molar refractivity (Wildman–Crippen MR) is 117 cm³/mol. The summed E-state index contributed by atoms with van der Waals surface area (Å²) in [4.78, 5) is 13.6. The summed E-state index contributed by atoms with van der Waals surface area (Å²) < 4.78 is 0. The average molecular weight is 413 g/mol. The van der Waals surface area contributed by atoms with Gasteiger partial charge < -0.3 is 11.1 Å². The van der Waals surface area contributed by atoms with Crippen LogP contribution in [0.15, 0.2) is 59.5 Å². The monoisotopic (exact) mass is 412 g/mol. The minimum absolute atomic E-state index is 0.0251. The molecule has 0 aliphatic rings. The van der Waals surface area contributed by atoms with Crippen LogP contribution in [0.5, 0.6) is 0 Å². The molecule has 0 fully saturated rings. The highest BCUT2D eigenvalue weighted by Crippen LogP contribution is 2.24. The lowest BCUT2D eigenvalue weighted by Gasteiger charge is -2.10. The van der Waals surface area contributed by atoms with Gasteiger partial charge in [-0.3, -0.25) is 4.79 Å². The summed E-state index contributed by atoms with van der Waals surface area (Å²) in [7, 11) is 0. The minimum atomic E-state index is -0.0251. The van der Waals surface area contributed by atoms with Crippen molar-refractivity contribution in [2.45, 2.75) is 30.6 Å². The zero-order valence-corrected chi connectivity index (χ0v) is 17.3. The average Bonchev–Trinajstić information content (AvgIpc) is 3.14. The Labute approximate surface area is 173 Å². The van der Waals surface area contributed by atoms with E-state index >= 15 is 0 Å². The number of carbonyl (C=O) groups is 1. The summed E-state index contributed by atoms with van der Waals surface area (Å²) in [5.41, 5.74) is 7.68. The van der Waals surface area contributed by atoms with Crippen LogP contribution in [0.3, 0.4) is 0 Å². The maximum absolute atomic E-state index is 12.6. The molecule has 3 rings (SSSR count). The molecule has 28 heavy (non-hydrogen) atoms. The summed E-state index contributed by atoms with van der Waals surface area (Å²) >= 11 is 3.14. The van der Waals surface area contributed by atoms with Gasteiger partial charge in [0.15, 0.2) is 0 Å². The predicted octanol–water partition coefficient (Wildman–Crippen LogP) is 4.21. The molecule has 7 heteroatoms. The molecule has 0 unspecified atom stereocenters. The number of anilines is 1. The first-order chi connectivity index (χ1) is 13.7. The first-order valence-corrected chi connectivity index (χ1v) is 11.1. The van der Waals surface area contributed by atoms with Gasteiger partial charge in [0.2, 0.25) is 5.13 Å². The van der Waals surface area contributed by atoms with Gasteiger partial charge in [-0.25, -0.2) is 0 Å². The first kappa shape index (κ1) is 20.4. The van der Waals surface area contributed by atoms with Crippen molar-refractivity contribution in [1.29, 1.82) is 0 Å². The first-order valence-electron chi connectivity index (χ1n) is 9.34. The molecule has 1 aromatic heterocycles. The maximum atomic E-state index is 12.6. The molecule has 0 aliphatic heterocycles. The van der Waals surface area contributed by atoms with Gasteiger partial charge >= 0.3 is 0 Å². The molecule has 0 radical (unpaired) electrons. The van der Waals surface area contributed by atoms with E-state index in [9.17, 15) is 4.79 Å². The highest BCUT2D eigenvalue weighted by atomic mass is 32.2. The Morgan fingerprint density at radius 2 is 1.79 bits per heavy atom. The Kier molecular flexibility index (Phi) is 7.87. The van der Waals surface area contributed by atoms with Crippen LogP contribution < -0.4 is 11.1 Å². The Hall–Kier alpha value is -2.38. The van der Waals surface area contributed by atoms with Gasteiger partial charge in [0.05, 0.1) is 5.56 Å². The number of nitrogens with two attached hydrogens (primary N) is 1. The molecule has 0 atom stereocenters. The summed E-state index contributed by atoms with van der Waals surface area (Å²) in [5.74, 6) is 0.959. The molecular weight excluding hydrogens is 388 g/mol. The number of amides is 1. The fraction of sp³-hybridized carbons (Fsp3) is 0.286. The lowest BCUT2D eigenvalue weighted by Crippen LogP contribution is -2.25. The number of aromatic nitrogens is 2. The number of rotatable bonds is 10. The number of carbonyl (C=O) groups excluding carboxylic acids is 1. The van der Waals surface area contributed by atoms with E-state index in [1.165, 1.54) is 16.9 Å². The Morgan fingerprint density at radius 1 is 1.00 bits per heavy atom. The van der Waals surface area contributed by atoms with Crippen LogP contribution in [-0.4, -0.2) is 28.4 Å². The van der Waals surface area contributed by atoms with E-state index < -0.39 is 0 Å². The van der Waals surface area contributed by atoms with Crippen molar-refractivity contribution in [3.8, 4) is 0 Å². The molecule has 2 aromatic carbocycles. The van der Waals surface area contributed by atoms with Crippen LogP contribution in [0.25, 0.3) is 0 Å². The smallest absolute Gasteiger partial charge is 0.252 e. The van der Waals surface area contributed by atoms with E-state index in [4.69, 9.17) is 5.73 Å². The Balaban J connectivity index is 1.43. The largest absolute Gasteiger partial charge is 0.374 e. The Bertz CT molecular complexity index is 883. The van der Waals surface area contributed by atoms with Crippen molar-refractivity contribution in [2.24, 2.45) is 0 Å². The second-order valence-electron chi connectivity index (χ2n) is 6.33. The van der Waals surface area contributed by atoms with Crippen molar-refractivity contribution in [1.82, 2.24) is 15.5 Å². The number of nitrogens with one attached hydrogen (secondary N) is 1. The van der Waals surface area contributed by atoms with Crippen molar-refractivity contribution in [3.63, 3.8) is 0 Å². The zero-order valence-electron chi connectivity index (χ0n) is 15.6. The summed E-state index contributed by atoms with van der Waals surface area (Å²) in [6.45, 7) is 0.603. The van der Waals surface area contributed by atoms with Crippen LogP contribution in [-0.2, 0) is 12.8 Å². The van der Waals surface area contributed by atoms with E-state index in [0.29, 0.717) is 11.7 Å². The molecule has 146 valence electrons. The van der Waals surface area contributed by atoms with E-state index in [1.54, 1.807) is 11.8 Å². The molecule has 5 nitrogen and oxygen atoms in total. The number of nitrogens with zero attached hydrogens (tertiary/aromatic N) is 2. The molecule has 0 bridgehead atoms. The van der Waals surface area contributed by atoms with Crippen LogP contribution in [0.2, 0.25) is 0 Å². The van der Waals surface area contributed by atoms with Crippen molar-refractivity contribution >= 4 is 34.1 Å². The molecule has 0 saturated heterocycles. The topological polar surface area (TPSA) is 80.9 Å². The second kappa shape index (κ2) is 10.8. The molecule has 0 aliphatic carbocycles. The Morgan fingerprint density at radius 3 is 2.57 bits per heavy atom. The van der Waals surface area contributed by atoms with Crippen LogP contribution in [0.4, 0.5) is 5.13 Å². The van der Waals surface area contributed by atoms with Gasteiger partial charge in [0.25, 0.3) is 5.91 Å². The lowest BCUT2D eigenvalue weighted by atomic mass is 10.1. The van der Waals surface area contributed by atoms with Gasteiger partial charge in [-0.05, 0) is 42.7 Å². The number of hydrogen-bond donors (Lipinski definition) is 2. The van der Waals surface area contributed by atoms with Crippen molar-refractivity contribution < 1.29 is 4.79 Å². The molecule has 1 heterocycles. The highest BCUT2D eigenvalue weighted by Gasteiger charge is 2.11. The number of benzene rings is 2. The van der Waals surface area contributed by atoms with Crippen molar-refractivity contribution in [2.75, 3.05) is 18.0 Å². The molecule has 3 aromatic rings.